The van der Waals surface area contributed by atoms with E-state index in [1.165, 1.54) is 0 Å². The highest BCUT2D eigenvalue weighted by molar-refractivity contribution is 9.10. The van der Waals surface area contributed by atoms with Crippen LogP contribution in [0.15, 0.2) is 53.0 Å². The van der Waals surface area contributed by atoms with Crippen LogP contribution >= 0.6 is 15.9 Å². The van der Waals surface area contributed by atoms with Crippen molar-refractivity contribution in [3.05, 3.63) is 64.1 Å². The molecule has 0 aliphatic rings. The van der Waals surface area contributed by atoms with Crippen LogP contribution < -0.4 is 10.1 Å². The Bertz CT molecular complexity index is 660. The lowest BCUT2D eigenvalue weighted by atomic mass is 10.2. The number of benzene rings is 2. The second-order valence-corrected chi connectivity index (χ2v) is 6.61. The van der Waals surface area contributed by atoms with Crippen LogP contribution in [0.2, 0.25) is 0 Å². The Labute approximate surface area is 151 Å². The van der Waals surface area contributed by atoms with Crippen LogP contribution in [-0.4, -0.2) is 31.4 Å². The van der Waals surface area contributed by atoms with Gasteiger partial charge in [-0.15, -0.1) is 0 Å². The molecule has 0 fully saturated rings. The van der Waals surface area contributed by atoms with Gasteiger partial charge in [0, 0.05) is 33.6 Å². The summed E-state index contributed by atoms with van der Waals surface area (Å²) < 4.78 is 6.78. The zero-order chi connectivity index (χ0) is 17.4. The molecule has 4 nitrogen and oxygen atoms in total. The number of nitrogens with one attached hydrogen (secondary N) is 1. The second kappa shape index (κ2) is 9.45. The Hall–Kier alpha value is -1.85. The van der Waals surface area contributed by atoms with Crippen LogP contribution in [0, 0.1) is 0 Å². The maximum absolute atomic E-state index is 11.5. The molecular weight excluding hydrogens is 368 g/mol. The molecule has 0 unspecified atom stereocenters. The molecule has 2 rings (SSSR count). The Morgan fingerprint density at radius 2 is 1.88 bits per heavy atom. The van der Waals surface area contributed by atoms with E-state index in [-0.39, 0.29) is 5.91 Å². The molecule has 0 bridgehead atoms. The molecular formula is C19H23BrN2O2. The molecule has 2 aromatic rings. The largest absolute Gasteiger partial charge is 0.488 e. The Kier molecular flexibility index (Phi) is 7.28. The van der Waals surface area contributed by atoms with Crippen LogP contribution in [0.4, 0.5) is 0 Å². The van der Waals surface area contributed by atoms with Gasteiger partial charge in [-0.2, -0.15) is 0 Å². The summed E-state index contributed by atoms with van der Waals surface area (Å²) >= 11 is 3.56. The molecule has 1 N–H and O–H groups in total. The van der Waals surface area contributed by atoms with Gasteiger partial charge in [-0.25, -0.2) is 0 Å². The van der Waals surface area contributed by atoms with Crippen LogP contribution in [0.25, 0.3) is 0 Å². The van der Waals surface area contributed by atoms with Gasteiger partial charge >= 0.3 is 0 Å². The van der Waals surface area contributed by atoms with Crippen LogP contribution in [0.3, 0.4) is 0 Å². The number of carbonyl (C=O) groups is 1. The number of hydrogen-bond donors (Lipinski definition) is 1. The second-order valence-electron chi connectivity index (χ2n) is 5.75. The summed E-state index contributed by atoms with van der Waals surface area (Å²) in [7, 11) is 3.54. The van der Waals surface area contributed by atoms with Gasteiger partial charge in [0.25, 0.3) is 0 Å². The molecule has 0 atom stereocenters. The molecule has 0 saturated carbocycles. The highest BCUT2D eigenvalue weighted by Crippen LogP contribution is 2.26. The number of carbonyl (C=O) groups excluding carboxylic acids is 1. The van der Waals surface area contributed by atoms with E-state index < -0.39 is 0 Å². The van der Waals surface area contributed by atoms with Crippen molar-refractivity contribution >= 4 is 21.8 Å². The third-order valence-corrected chi connectivity index (χ3v) is 4.20. The lowest BCUT2D eigenvalue weighted by Gasteiger charge is -2.12. The van der Waals surface area contributed by atoms with Crippen molar-refractivity contribution < 1.29 is 9.53 Å². The predicted molar refractivity (Wildman–Crippen MR) is 99.9 cm³/mol. The van der Waals surface area contributed by atoms with Gasteiger partial charge in [-0.1, -0.05) is 36.4 Å². The van der Waals surface area contributed by atoms with E-state index in [0.717, 1.165) is 27.9 Å². The summed E-state index contributed by atoms with van der Waals surface area (Å²) in [4.78, 5) is 13.1. The standard InChI is InChI=1S/C19H23BrN2O2/c1-22(2)19(23)10-11-21-13-16-8-9-18(17(20)12-16)24-14-15-6-4-3-5-7-15/h3-9,12,21H,10-11,13-14H2,1-2H3. The number of rotatable bonds is 8. The first kappa shape index (κ1) is 18.5. The SMILES string of the molecule is CN(C)C(=O)CCNCc1ccc(OCc2ccccc2)c(Br)c1. The third kappa shape index (κ3) is 5.98. The molecule has 0 aliphatic carbocycles. The summed E-state index contributed by atoms with van der Waals surface area (Å²) in [6, 6.07) is 16.1. The summed E-state index contributed by atoms with van der Waals surface area (Å²) in [6.07, 6.45) is 0.506. The zero-order valence-electron chi connectivity index (χ0n) is 14.1. The van der Waals surface area contributed by atoms with Gasteiger partial charge < -0.3 is 15.0 Å². The van der Waals surface area contributed by atoms with Crippen molar-refractivity contribution in [2.45, 2.75) is 19.6 Å². The highest BCUT2D eigenvalue weighted by atomic mass is 79.9. The summed E-state index contributed by atoms with van der Waals surface area (Å²) in [5.74, 6) is 0.957. The van der Waals surface area contributed by atoms with Crippen LogP contribution in [-0.2, 0) is 17.9 Å². The van der Waals surface area contributed by atoms with Gasteiger partial charge in [0.05, 0.1) is 4.47 Å². The quantitative estimate of drug-likeness (QED) is 0.700. The van der Waals surface area contributed by atoms with E-state index in [2.05, 4.69) is 21.2 Å². The van der Waals surface area contributed by atoms with Crippen LogP contribution in [0.1, 0.15) is 17.5 Å². The zero-order valence-corrected chi connectivity index (χ0v) is 15.7. The number of amides is 1. The minimum Gasteiger partial charge on any atom is -0.488 e. The number of nitrogens with zero attached hydrogens (tertiary/aromatic N) is 1. The Balaban J connectivity index is 1.80. The highest BCUT2D eigenvalue weighted by Gasteiger charge is 2.05. The lowest BCUT2D eigenvalue weighted by molar-refractivity contribution is -0.128. The summed E-state index contributed by atoms with van der Waals surface area (Å²) in [5.41, 5.74) is 2.28. The van der Waals surface area contributed by atoms with E-state index in [0.29, 0.717) is 19.6 Å². The average molecular weight is 391 g/mol. The van der Waals surface area contributed by atoms with Crippen molar-refractivity contribution in [2.75, 3.05) is 20.6 Å². The van der Waals surface area contributed by atoms with Crippen molar-refractivity contribution in [3.8, 4) is 5.75 Å². The number of halogens is 1. The predicted octanol–water partition coefficient (Wildman–Crippen LogP) is 3.60. The fraction of sp³-hybridized carbons (Fsp3) is 0.316. The molecule has 0 spiro atoms. The third-order valence-electron chi connectivity index (χ3n) is 3.58. The van der Waals surface area contributed by atoms with Gasteiger partial charge in [0.15, 0.2) is 0 Å². The fourth-order valence-corrected chi connectivity index (χ4v) is 2.70. The van der Waals surface area contributed by atoms with E-state index in [4.69, 9.17) is 4.74 Å². The molecule has 1 amide bonds. The van der Waals surface area contributed by atoms with Gasteiger partial charge in [-0.3, -0.25) is 4.79 Å². The van der Waals surface area contributed by atoms with Crippen molar-refractivity contribution in [3.63, 3.8) is 0 Å². The first-order valence-electron chi connectivity index (χ1n) is 7.92. The molecule has 0 aliphatic heterocycles. The molecule has 0 saturated heterocycles. The number of ether oxygens (including phenoxy) is 1. The molecule has 2 aromatic carbocycles. The van der Waals surface area contributed by atoms with E-state index in [1.807, 2.05) is 48.5 Å². The van der Waals surface area contributed by atoms with Gasteiger partial charge in [0.1, 0.15) is 12.4 Å². The molecule has 128 valence electrons. The fourth-order valence-electron chi connectivity index (χ4n) is 2.16. The van der Waals surface area contributed by atoms with E-state index in [9.17, 15) is 4.79 Å². The molecule has 0 heterocycles. The normalized spacial score (nSPS) is 10.5. The Morgan fingerprint density at radius 3 is 2.54 bits per heavy atom. The van der Waals surface area contributed by atoms with Crippen molar-refractivity contribution in [1.82, 2.24) is 10.2 Å². The first-order valence-corrected chi connectivity index (χ1v) is 8.71. The maximum atomic E-state index is 11.5. The lowest BCUT2D eigenvalue weighted by Crippen LogP contribution is -2.26. The summed E-state index contributed by atoms with van der Waals surface area (Å²) in [5, 5.41) is 3.28. The van der Waals surface area contributed by atoms with Crippen molar-refractivity contribution in [1.29, 1.82) is 0 Å². The smallest absolute Gasteiger partial charge is 0.223 e. The van der Waals surface area contributed by atoms with Crippen LogP contribution in [0.5, 0.6) is 5.75 Å². The molecule has 0 radical (unpaired) electrons. The van der Waals surface area contributed by atoms with Crippen molar-refractivity contribution in [2.24, 2.45) is 0 Å². The van der Waals surface area contributed by atoms with E-state index >= 15 is 0 Å². The van der Waals surface area contributed by atoms with Gasteiger partial charge in [-0.05, 0) is 39.2 Å². The first-order chi connectivity index (χ1) is 11.6. The molecule has 0 aromatic heterocycles. The number of hydrogen-bond acceptors (Lipinski definition) is 3. The minimum atomic E-state index is 0.133. The average Bonchev–Trinajstić information content (AvgIpc) is 2.58. The maximum Gasteiger partial charge on any atom is 0.223 e. The van der Waals surface area contributed by atoms with Gasteiger partial charge in [0.2, 0.25) is 5.91 Å². The Morgan fingerprint density at radius 1 is 1.12 bits per heavy atom. The minimum absolute atomic E-state index is 0.133. The topological polar surface area (TPSA) is 41.6 Å². The van der Waals surface area contributed by atoms with E-state index in [1.54, 1.807) is 19.0 Å². The monoisotopic (exact) mass is 390 g/mol. The molecule has 5 heteroatoms. The molecule has 24 heavy (non-hydrogen) atoms. The summed E-state index contributed by atoms with van der Waals surface area (Å²) in [6.45, 7) is 1.93.